The molecule has 34 atom stereocenters. The van der Waals surface area contributed by atoms with Crippen molar-refractivity contribution in [2.24, 2.45) is 200 Å². The zero-order valence-corrected chi connectivity index (χ0v) is 65.8. The highest BCUT2D eigenvalue weighted by atomic mass is 14.8. The molecule has 0 radical (unpaired) electrons. The van der Waals surface area contributed by atoms with Gasteiger partial charge in [-0.2, -0.15) is 0 Å². The van der Waals surface area contributed by atoms with Gasteiger partial charge < -0.3 is 0 Å². The minimum absolute atomic E-state index is 0.593. The van der Waals surface area contributed by atoms with Crippen LogP contribution in [0.15, 0.2) is 0 Å². The Morgan fingerprint density at radius 1 is 0.241 bits per heavy atom. The number of rotatable bonds is 2. The average Bonchev–Trinajstić information content (AvgIpc) is 3.75. The van der Waals surface area contributed by atoms with E-state index in [0.717, 1.165) is 189 Å². The molecule has 83 heavy (non-hydrogen) atoms. The molecule has 0 saturated heterocycles. The fourth-order valence-corrected chi connectivity index (χ4v) is 26.5. The molecule has 2 spiro atoms. The molecule has 10 saturated carbocycles. The van der Waals surface area contributed by atoms with Crippen LogP contribution < -0.4 is 0 Å². The van der Waals surface area contributed by atoms with Crippen molar-refractivity contribution in [3.05, 3.63) is 0 Å². The van der Waals surface area contributed by atoms with Crippen LogP contribution in [-0.4, -0.2) is 0 Å². The number of fused-ring (bicyclic) bond motifs is 2. The lowest BCUT2D eigenvalue weighted by Gasteiger charge is -2.76. The van der Waals surface area contributed by atoms with Gasteiger partial charge in [-0.1, -0.05) is 303 Å². The SMILES string of the molecule is CC.CC.CC.CC.CC.CC.CC.CC.CC.CC.CCC1C(C)C2C(C)[C@@H](C)C(C)C3C4CCC(C)C5C(C)CC(C)C(C45)C(C)C23C1C.CCC1CC(C)C2C(C)[C@@H](C)C(C)C3C4CCC(C)C5C(C)CC(C)C(C45)C(C)C23C1C. The summed E-state index contributed by atoms with van der Waals surface area (Å²) >= 11 is 0. The topological polar surface area (TPSA) is 0 Å². The molecule has 0 heterocycles. The quantitative estimate of drug-likeness (QED) is 0.259. The van der Waals surface area contributed by atoms with E-state index in [-0.39, 0.29) is 0 Å². The van der Waals surface area contributed by atoms with Gasteiger partial charge >= 0.3 is 0 Å². The minimum atomic E-state index is 0.593. The summed E-state index contributed by atoms with van der Waals surface area (Å²) < 4.78 is 0. The summed E-state index contributed by atoms with van der Waals surface area (Å²) in [7, 11) is 0. The van der Waals surface area contributed by atoms with E-state index in [9.17, 15) is 0 Å². The fraction of sp³-hybridized carbons (Fsp3) is 1.00. The predicted molar refractivity (Wildman–Crippen MR) is 385 cm³/mol. The number of hydrogen-bond acceptors (Lipinski definition) is 0. The molecule has 0 heteroatoms. The first kappa shape index (κ1) is 85.1. The Morgan fingerprint density at radius 2 is 0.542 bits per heavy atom. The molecule has 0 amide bonds. The third-order valence-corrected chi connectivity index (χ3v) is 28.1. The summed E-state index contributed by atoms with van der Waals surface area (Å²) in [5.41, 5.74) is 1.20. The average molecular weight is 1170 g/mol. The Morgan fingerprint density at radius 3 is 0.867 bits per heavy atom. The van der Waals surface area contributed by atoms with Crippen molar-refractivity contribution in [3.63, 3.8) is 0 Å². The second-order valence-corrected chi connectivity index (χ2v) is 29.0. The van der Waals surface area contributed by atoms with E-state index in [4.69, 9.17) is 0 Å². The van der Waals surface area contributed by atoms with Crippen molar-refractivity contribution < 1.29 is 0 Å². The third kappa shape index (κ3) is 14.5. The van der Waals surface area contributed by atoms with Gasteiger partial charge in [-0.05, 0) is 232 Å². The largest absolute Gasteiger partial charge is 0.0683 e. The molecule has 0 bridgehead atoms. The highest BCUT2D eigenvalue weighted by Gasteiger charge is 2.75. The second-order valence-electron chi connectivity index (χ2n) is 29.0. The van der Waals surface area contributed by atoms with Gasteiger partial charge in [0.2, 0.25) is 0 Å². The van der Waals surface area contributed by atoms with Crippen LogP contribution in [0, 0.1) is 200 Å². The maximum Gasteiger partial charge on any atom is -0.0173 e. The summed E-state index contributed by atoms with van der Waals surface area (Å²) in [5, 5.41) is 0. The minimum Gasteiger partial charge on any atom is -0.0683 e. The van der Waals surface area contributed by atoms with E-state index in [2.05, 4.69) is 138 Å². The molecule has 0 aromatic carbocycles. The van der Waals surface area contributed by atoms with Crippen LogP contribution in [-0.2, 0) is 0 Å². The Balaban J connectivity index is 0. The van der Waals surface area contributed by atoms with E-state index in [1.807, 2.05) is 138 Å². The molecule has 0 aliphatic heterocycles. The van der Waals surface area contributed by atoms with E-state index < -0.39 is 0 Å². The van der Waals surface area contributed by atoms with Gasteiger partial charge in [0, 0.05) is 0 Å². The van der Waals surface area contributed by atoms with Crippen LogP contribution in [0.1, 0.15) is 335 Å². The van der Waals surface area contributed by atoms with Gasteiger partial charge in [0.1, 0.15) is 0 Å². The first-order valence-corrected chi connectivity index (χ1v) is 39.7. The molecule has 10 aliphatic rings. The molecular formula is C83H170. The van der Waals surface area contributed by atoms with E-state index in [0.29, 0.717) is 10.8 Å². The maximum atomic E-state index is 2.82. The Hall–Kier alpha value is 0. The summed E-state index contributed by atoms with van der Waals surface area (Å²) in [6, 6.07) is 0. The van der Waals surface area contributed by atoms with Crippen LogP contribution in [0.4, 0.5) is 0 Å². The van der Waals surface area contributed by atoms with Crippen LogP contribution in [0.5, 0.6) is 0 Å². The van der Waals surface area contributed by atoms with E-state index in [1.54, 1.807) is 12.8 Å². The first-order valence-electron chi connectivity index (χ1n) is 39.7. The molecule has 0 nitrogen and oxygen atoms in total. The van der Waals surface area contributed by atoms with Crippen molar-refractivity contribution in [1.29, 1.82) is 0 Å². The van der Waals surface area contributed by atoms with Crippen molar-refractivity contribution in [1.82, 2.24) is 0 Å². The van der Waals surface area contributed by atoms with Gasteiger partial charge in [0.05, 0.1) is 0 Å². The van der Waals surface area contributed by atoms with Crippen LogP contribution >= 0.6 is 0 Å². The zero-order chi connectivity index (χ0) is 65.8. The number of hydrogen-bond donors (Lipinski definition) is 0. The maximum absolute atomic E-state index is 2.82. The molecule has 502 valence electrons. The standard InChI is InChI=1S/C32H56.C31H54.10C2H6/c1-11-25-15-19(5)30-21(7)20(6)22(8)31-26-13-12-16(2)27-17(3)14-18(4)28(29(26)27)24(10)32(30,31)23(25)9;1-11-24-21(8)29-19(6)18(5)20(7)30-25-13-12-15(2)26-16(3)14-17(4)27(28(25)26)23(10)31(29,30)22(24)9;10*1-2/h16-31H,11-15H2,1-10H3;15-30H,11-14H2,1-10H3;10*1-2H3/t16?,17?,18?,19?,20-,21?,22?,23?,24?,25?,26?,27?,28?,29?,30?,31?,32?;15?,16?,17?,18-,19?,20?,21?,22?,23?,24?,25?,26?,27?,28?,29?,30?,31?;;;;;;;;;;/m11........../s1. The first-order chi connectivity index (χ1) is 39.7. The zero-order valence-electron chi connectivity index (χ0n) is 65.8. The van der Waals surface area contributed by atoms with Gasteiger partial charge in [0.25, 0.3) is 0 Å². The summed E-state index contributed by atoms with van der Waals surface area (Å²) in [5.74, 6) is 30.4. The highest BCUT2D eigenvalue weighted by Crippen LogP contribution is 2.79. The van der Waals surface area contributed by atoms with Crippen LogP contribution in [0.2, 0.25) is 0 Å². The van der Waals surface area contributed by atoms with E-state index in [1.165, 1.54) is 44.9 Å². The van der Waals surface area contributed by atoms with Gasteiger partial charge in [0.15, 0.2) is 0 Å². The fourth-order valence-electron chi connectivity index (χ4n) is 26.5. The van der Waals surface area contributed by atoms with Crippen LogP contribution in [0.25, 0.3) is 0 Å². The predicted octanol–water partition coefficient (Wildman–Crippen LogP) is 28.0. The second kappa shape index (κ2) is 39.3. The molecule has 0 aromatic rings. The Kier molecular flexibility index (Phi) is 40.3. The third-order valence-electron chi connectivity index (χ3n) is 28.1. The molecule has 10 rings (SSSR count). The van der Waals surface area contributed by atoms with Crippen molar-refractivity contribution in [3.8, 4) is 0 Å². The molecule has 10 fully saturated rings. The van der Waals surface area contributed by atoms with Gasteiger partial charge in [-0.15, -0.1) is 0 Å². The molecule has 10 aliphatic carbocycles. The lowest BCUT2D eigenvalue weighted by atomic mass is 9.29. The Labute approximate surface area is 532 Å². The molecular weight excluding hydrogens is 997 g/mol. The summed E-state index contributed by atoms with van der Waals surface area (Å²) in [6.07, 6.45) is 13.4. The van der Waals surface area contributed by atoms with Gasteiger partial charge in [-0.3, -0.25) is 0 Å². The van der Waals surface area contributed by atoms with E-state index >= 15 is 0 Å². The lowest BCUT2D eigenvalue weighted by Crippen LogP contribution is -2.71. The van der Waals surface area contributed by atoms with Crippen molar-refractivity contribution in [2.75, 3.05) is 0 Å². The molecule has 0 aromatic heterocycles. The van der Waals surface area contributed by atoms with Crippen molar-refractivity contribution >= 4 is 0 Å². The Bertz CT molecular complexity index is 1600. The van der Waals surface area contributed by atoms with Gasteiger partial charge in [-0.25, -0.2) is 0 Å². The van der Waals surface area contributed by atoms with Crippen molar-refractivity contribution in [2.45, 2.75) is 335 Å². The molecule has 0 N–H and O–H groups in total. The highest BCUT2D eigenvalue weighted by molar-refractivity contribution is 5.22. The normalized spacial score (nSPS) is 50.0. The summed E-state index contributed by atoms with van der Waals surface area (Å²) in [6.45, 7) is 93.6. The smallest absolute Gasteiger partial charge is 0.0173 e. The summed E-state index contributed by atoms with van der Waals surface area (Å²) in [4.78, 5) is 0. The lowest BCUT2D eigenvalue weighted by molar-refractivity contribution is -0.286. The molecule has 32 unspecified atom stereocenters. The monoisotopic (exact) mass is 1170 g/mol. The van der Waals surface area contributed by atoms with Crippen LogP contribution in [0.3, 0.4) is 0 Å².